The van der Waals surface area contributed by atoms with E-state index in [2.05, 4.69) is 31.1 Å². The van der Waals surface area contributed by atoms with E-state index in [-0.39, 0.29) is 0 Å². The third kappa shape index (κ3) is 3.12. The highest BCUT2D eigenvalue weighted by Crippen LogP contribution is 2.32. The van der Waals surface area contributed by atoms with Gasteiger partial charge in [0.2, 0.25) is 0 Å². The summed E-state index contributed by atoms with van der Waals surface area (Å²) in [7, 11) is 0. The van der Waals surface area contributed by atoms with E-state index in [0.717, 1.165) is 42.5 Å². The molecule has 0 amide bonds. The van der Waals surface area contributed by atoms with E-state index in [4.69, 9.17) is 4.98 Å². The van der Waals surface area contributed by atoms with E-state index >= 15 is 0 Å². The molecule has 0 radical (unpaired) electrons. The molecule has 1 aliphatic rings. The third-order valence-electron chi connectivity index (χ3n) is 2.76. The number of hydrogen-bond donors (Lipinski definition) is 1. The largest absolute Gasteiger partial charge is 0.370 e. The second-order valence-corrected chi connectivity index (χ2v) is 5.92. The Balaban J connectivity index is 2.25. The minimum Gasteiger partial charge on any atom is -0.370 e. The van der Waals surface area contributed by atoms with Crippen LogP contribution in [0.2, 0.25) is 0 Å². The lowest BCUT2D eigenvalue weighted by Crippen LogP contribution is -2.11. The first-order chi connectivity index (χ1) is 8.20. The first-order valence-corrected chi connectivity index (χ1v) is 7.56. The predicted octanol–water partition coefficient (Wildman–Crippen LogP) is 3.24. The van der Waals surface area contributed by atoms with Crippen LogP contribution in [0.3, 0.4) is 0 Å². The maximum Gasteiger partial charge on any atom is 0.134 e. The van der Waals surface area contributed by atoms with Gasteiger partial charge in [-0.2, -0.15) is 11.8 Å². The van der Waals surface area contributed by atoms with Crippen molar-refractivity contribution in [3.8, 4) is 0 Å². The van der Waals surface area contributed by atoms with Gasteiger partial charge in [-0.05, 0) is 12.3 Å². The first-order valence-electron chi connectivity index (χ1n) is 6.41. The average Bonchev–Trinajstić information content (AvgIpc) is 2.72. The highest BCUT2D eigenvalue weighted by Gasteiger charge is 2.19. The van der Waals surface area contributed by atoms with Crippen LogP contribution in [0.15, 0.2) is 0 Å². The van der Waals surface area contributed by atoms with Crippen LogP contribution in [0.5, 0.6) is 0 Å². The number of nitrogens with zero attached hydrogens (tertiary/aromatic N) is 2. The lowest BCUT2D eigenvalue weighted by atomic mass is 10.1. The van der Waals surface area contributed by atoms with Gasteiger partial charge in [0.05, 0.1) is 5.69 Å². The molecule has 17 heavy (non-hydrogen) atoms. The van der Waals surface area contributed by atoms with E-state index in [1.807, 2.05) is 11.8 Å². The van der Waals surface area contributed by atoms with Crippen LogP contribution in [-0.4, -0.2) is 16.5 Å². The Morgan fingerprint density at radius 1 is 1.29 bits per heavy atom. The van der Waals surface area contributed by atoms with Gasteiger partial charge >= 0.3 is 0 Å². The van der Waals surface area contributed by atoms with Crippen LogP contribution in [0, 0.1) is 5.92 Å². The fraction of sp³-hybridized carbons (Fsp3) is 0.692. The van der Waals surface area contributed by atoms with E-state index in [1.54, 1.807) is 0 Å². The van der Waals surface area contributed by atoms with Crippen molar-refractivity contribution < 1.29 is 0 Å². The molecule has 0 fully saturated rings. The molecular weight excluding hydrogens is 230 g/mol. The summed E-state index contributed by atoms with van der Waals surface area (Å²) >= 11 is 1.94. The second kappa shape index (κ2) is 5.71. The van der Waals surface area contributed by atoms with Crippen molar-refractivity contribution >= 4 is 17.6 Å². The average molecular weight is 251 g/mol. The SMILES string of the molecule is CCCNc1nc(CC(C)C)nc2c1CSC2. The maximum atomic E-state index is 4.69. The molecule has 0 aromatic carbocycles. The van der Waals surface area contributed by atoms with Crippen LogP contribution in [0.1, 0.15) is 44.3 Å². The van der Waals surface area contributed by atoms with Gasteiger partial charge < -0.3 is 5.32 Å². The van der Waals surface area contributed by atoms with Crippen LogP contribution in [0.25, 0.3) is 0 Å². The maximum absolute atomic E-state index is 4.69. The number of anilines is 1. The molecule has 1 aromatic heterocycles. The molecule has 0 aliphatic carbocycles. The fourth-order valence-corrected chi connectivity index (χ4v) is 2.99. The monoisotopic (exact) mass is 251 g/mol. The molecule has 4 heteroatoms. The van der Waals surface area contributed by atoms with Crippen molar-refractivity contribution in [2.75, 3.05) is 11.9 Å². The van der Waals surface area contributed by atoms with Gasteiger partial charge in [0.15, 0.2) is 0 Å². The van der Waals surface area contributed by atoms with E-state index in [9.17, 15) is 0 Å². The van der Waals surface area contributed by atoms with Crippen molar-refractivity contribution in [2.24, 2.45) is 5.92 Å². The lowest BCUT2D eigenvalue weighted by Gasteiger charge is -2.12. The minimum absolute atomic E-state index is 0.612. The molecule has 1 N–H and O–H groups in total. The zero-order valence-electron chi connectivity index (χ0n) is 10.9. The molecule has 0 atom stereocenters. The lowest BCUT2D eigenvalue weighted by molar-refractivity contribution is 0.618. The quantitative estimate of drug-likeness (QED) is 0.872. The molecule has 0 spiro atoms. The highest BCUT2D eigenvalue weighted by atomic mass is 32.2. The minimum atomic E-state index is 0.612. The summed E-state index contributed by atoms with van der Waals surface area (Å²) in [6.45, 7) is 7.60. The summed E-state index contributed by atoms with van der Waals surface area (Å²) in [6.07, 6.45) is 2.10. The zero-order valence-corrected chi connectivity index (χ0v) is 11.7. The Kier molecular flexibility index (Phi) is 4.26. The topological polar surface area (TPSA) is 37.8 Å². The van der Waals surface area contributed by atoms with Crippen molar-refractivity contribution in [3.63, 3.8) is 0 Å². The smallest absolute Gasteiger partial charge is 0.134 e. The number of hydrogen-bond acceptors (Lipinski definition) is 4. The van der Waals surface area contributed by atoms with Crippen LogP contribution in [-0.2, 0) is 17.9 Å². The van der Waals surface area contributed by atoms with Crippen molar-refractivity contribution in [2.45, 2.75) is 45.1 Å². The van der Waals surface area contributed by atoms with E-state index in [1.165, 1.54) is 11.3 Å². The standard InChI is InChI=1S/C13H21N3S/c1-4-5-14-13-10-7-17-8-11(10)15-12(16-13)6-9(2)3/h9H,4-8H2,1-3H3,(H,14,15,16). The van der Waals surface area contributed by atoms with E-state index in [0.29, 0.717) is 5.92 Å². The number of nitrogens with one attached hydrogen (secondary N) is 1. The zero-order chi connectivity index (χ0) is 12.3. The van der Waals surface area contributed by atoms with Crippen molar-refractivity contribution in [3.05, 3.63) is 17.1 Å². The molecule has 2 heterocycles. The summed E-state index contributed by atoms with van der Waals surface area (Å²) in [5, 5.41) is 3.44. The molecule has 0 saturated carbocycles. The van der Waals surface area contributed by atoms with Crippen LogP contribution >= 0.6 is 11.8 Å². The third-order valence-corrected chi connectivity index (χ3v) is 3.73. The Morgan fingerprint density at radius 2 is 2.12 bits per heavy atom. The molecule has 0 saturated heterocycles. The second-order valence-electron chi connectivity index (χ2n) is 4.93. The van der Waals surface area contributed by atoms with Crippen molar-refractivity contribution in [1.82, 2.24) is 9.97 Å². The number of thioether (sulfide) groups is 1. The molecule has 94 valence electrons. The molecule has 1 aliphatic heterocycles. The summed E-state index contributed by atoms with van der Waals surface area (Å²) in [4.78, 5) is 9.38. The van der Waals surface area contributed by atoms with Gasteiger partial charge in [-0.15, -0.1) is 0 Å². The Bertz CT molecular complexity index is 390. The summed E-state index contributed by atoms with van der Waals surface area (Å²) in [5.74, 6) is 4.80. The Labute approximate surface area is 108 Å². The van der Waals surface area contributed by atoms with Crippen molar-refractivity contribution in [1.29, 1.82) is 0 Å². The summed E-state index contributed by atoms with van der Waals surface area (Å²) < 4.78 is 0. The molecular formula is C13H21N3S. The highest BCUT2D eigenvalue weighted by molar-refractivity contribution is 7.98. The Morgan fingerprint density at radius 3 is 2.82 bits per heavy atom. The van der Waals surface area contributed by atoms with Gasteiger partial charge in [0.1, 0.15) is 11.6 Å². The molecule has 0 unspecified atom stereocenters. The van der Waals surface area contributed by atoms with E-state index < -0.39 is 0 Å². The van der Waals surface area contributed by atoms with Gasteiger partial charge in [0, 0.05) is 30.0 Å². The first kappa shape index (κ1) is 12.7. The van der Waals surface area contributed by atoms with Gasteiger partial charge in [-0.25, -0.2) is 9.97 Å². The number of aromatic nitrogens is 2. The molecule has 0 bridgehead atoms. The van der Waals surface area contributed by atoms with Crippen LogP contribution < -0.4 is 5.32 Å². The Hall–Kier alpha value is -0.770. The summed E-state index contributed by atoms with van der Waals surface area (Å²) in [6, 6.07) is 0. The predicted molar refractivity (Wildman–Crippen MR) is 74.4 cm³/mol. The summed E-state index contributed by atoms with van der Waals surface area (Å²) in [5.41, 5.74) is 2.58. The normalized spacial score (nSPS) is 14.1. The van der Waals surface area contributed by atoms with Gasteiger partial charge in [-0.3, -0.25) is 0 Å². The van der Waals surface area contributed by atoms with Gasteiger partial charge in [-0.1, -0.05) is 20.8 Å². The molecule has 1 aromatic rings. The number of rotatable bonds is 5. The molecule has 2 rings (SSSR count). The molecule has 3 nitrogen and oxygen atoms in total. The van der Waals surface area contributed by atoms with Gasteiger partial charge in [0.25, 0.3) is 0 Å². The van der Waals surface area contributed by atoms with Crippen LogP contribution in [0.4, 0.5) is 5.82 Å². The fourth-order valence-electron chi connectivity index (χ4n) is 1.95. The number of fused-ring (bicyclic) bond motifs is 1.